The largest absolute Gasteiger partial charge is 0.330 e. The molecule has 0 bridgehead atoms. The summed E-state index contributed by atoms with van der Waals surface area (Å²) in [5.41, 5.74) is 5.67. The zero-order valence-corrected chi connectivity index (χ0v) is 11.4. The van der Waals surface area contributed by atoms with Crippen LogP contribution in [-0.2, 0) is 10.0 Å². The molecule has 0 radical (unpaired) electrons. The second-order valence-electron chi connectivity index (χ2n) is 5.01. The molecule has 0 aromatic heterocycles. The highest BCUT2D eigenvalue weighted by molar-refractivity contribution is 7.89. The van der Waals surface area contributed by atoms with Crippen molar-refractivity contribution in [2.24, 2.45) is 16.3 Å². The Hall–Kier alpha value is -0.170. The number of nitrogens with zero attached hydrogens (tertiary/aromatic N) is 1. The van der Waals surface area contributed by atoms with Gasteiger partial charge in [-0.3, -0.25) is 0 Å². The molecule has 0 heterocycles. The van der Waals surface area contributed by atoms with Crippen molar-refractivity contribution in [2.75, 3.05) is 31.9 Å². The predicted octanol–water partition coefficient (Wildman–Crippen LogP) is -0.0282. The molecular weight excluding hydrogens is 226 g/mol. The first-order valence-corrected chi connectivity index (χ1v) is 7.34. The van der Waals surface area contributed by atoms with Gasteiger partial charge in [0.05, 0.1) is 5.75 Å². The monoisotopic (exact) mass is 251 g/mol. The quantitative estimate of drug-likeness (QED) is 0.634. The van der Waals surface area contributed by atoms with E-state index in [0.717, 1.165) is 19.5 Å². The molecule has 0 aromatic carbocycles. The van der Waals surface area contributed by atoms with E-state index < -0.39 is 10.0 Å². The maximum atomic E-state index is 10.9. The van der Waals surface area contributed by atoms with Crippen LogP contribution in [0.3, 0.4) is 0 Å². The van der Waals surface area contributed by atoms with Crippen LogP contribution in [0.4, 0.5) is 0 Å². The molecule has 0 fully saturated rings. The molecule has 0 spiro atoms. The van der Waals surface area contributed by atoms with Gasteiger partial charge in [0.25, 0.3) is 0 Å². The van der Waals surface area contributed by atoms with Gasteiger partial charge < -0.3 is 10.6 Å². The lowest BCUT2D eigenvalue weighted by molar-refractivity contribution is 0.191. The van der Waals surface area contributed by atoms with Gasteiger partial charge in [-0.2, -0.15) is 0 Å². The van der Waals surface area contributed by atoms with E-state index in [0.29, 0.717) is 13.1 Å². The van der Waals surface area contributed by atoms with Crippen LogP contribution >= 0.6 is 0 Å². The molecule has 0 rings (SSSR count). The number of hydrogen-bond donors (Lipinski definition) is 2. The highest BCUT2D eigenvalue weighted by Gasteiger charge is 2.20. The Bertz CT molecular complexity index is 288. The summed E-state index contributed by atoms with van der Waals surface area (Å²) in [6, 6.07) is 0. The van der Waals surface area contributed by atoms with Gasteiger partial charge in [0.2, 0.25) is 10.0 Å². The van der Waals surface area contributed by atoms with E-state index in [9.17, 15) is 8.42 Å². The normalized spacial score (nSPS) is 13.4. The lowest BCUT2D eigenvalue weighted by atomic mass is 9.93. The van der Waals surface area contributed by atoms with Gasteiger partial charge in [0.1, 0.15) is 0 Å². The molecule has 4 N–H and O–H groups in total. The van der Waals surface area contributed by atoms with Gasteiger partial charge in [-0.15, -0.1) is 0 Å². The minimum Gasteiger partial charge on any atom is -0.330 e. The Balaban J connectivity index is 4.28. The summed E-state index contributed by atoms with van der Waals surface area (Å²) in [6.45, 7) is 8.96. The molecule has 6 heteroatoms. The first kappa shape index (κ1) is 15.8. The number of hydrogen-bond acceptors (Lipinski definition) is 4. The van der Waals surface area contributed by atoms with Gasteiger partial charge in [-0.25, -0.2) is 13.6 Å². The first-order valence-electron chi connectivity index (χ1n) is 5.63. The summed E-state index contributed by atoms with van der Waals surface area (Å²) in [5, 5.41) is 5.00. The van der Waals surface area contributed by atoms with Crippen LogP contribution in [0.5, 0.6) is 0 Å². The molecule has 16 heavy (non-hydrogen) atoms. The second kappa shape index (κ2) is 6.54. The van der Waals surface area contributed by atoms with Gasteiger partial charge in [-0.1, -0.05) is 20.8 Å². The van der Waals surface area contributed by atoms with E-state index in [1.807, 2.05) is 0 Å². The SMILES string of the molecule is CCCN(CCS(N)(=O)=O)CC(C)(C)CN. The minimum atomic E-state index is -3.37. The summed E-state index contributed by atoms with van der Waals surface area (Å²) in [4.78, 5) is 2.11. The zero-order valence-electron chi connectivity index (χ0n) is 10.6. The molecule has 0 aliphatic rings. The average Bonchev–Trinajstić information content (AvgIpc) is 2.13. The predicted molar refractivity (Wildman–Crippen MR) is 67.5 cm³/mol. The maximum absolute atomic E-state index is 10.9. The van der Waals surface area contributed by atoms with Crippen LogP contribution in [0.1, 0.15) is 27.2 Å². The number of primary sulfonamides is 1. The third kappa shape index (κ3) is 8.04. The van der Waals surface area contributed by atoms with Crippen molar-refractivity contribution in [2.45, 2.75) is 27.2 Å². The van der Waals surface area contributed by atoms with Crippen LogP contribution < -0.4 is 10.9 Å². The zero-order chi connectivity index (χ0) is 12.8. The van der Waals surface area contributed by atoms with Crippen molar-refractivity contribution >= 4 is 10.0 Å². The lowest BCUT2D eigenvalue weighted by Gasteiger charge is -2.31. The molecule has 5 nitrogen and oxygen atoms in total. The highest BCUT2D eigenvalue weighted by atomic mass is 32.2. The van der Waals surface area contributed by atoms with E-state index in [1.54, 1.807) is 0 Å². The van der Waals surface area contributed by atoms with Crippen LogP contribution in [0, 0.1) is 5.41 Å². The third-order valence-electron chi connectivity index (χ3n) is 2.44. The van der Waals surface area contributed by atoms with Crippen LogP contribution in [-0.4, -0.2) is 45.2 Å². The fraction of sp³-hybridized carbons (Fsp3) is 1.00. The maximum Gasteiger partial charge on any atom is 0.210 e. The van der Waals surface area contributed by atoms with Gasteiger partial charge in [0.15, 0.2) is 0 Å². The topological polar surface area (TPSA) is 89.4 Å². The summed E-state index contributed by atoms with van der Waals surface area (Å²) < 4.78 is 21.8. The van der Waals surface area contributed by atoms with Gasteiger partial charge in [-0.05, 0) is 24.9 Å². The van der Waals surface area contributed by atoms with E-state index in [-0.39, 0.29) is 11.2 Å². The minimum absolute atomic E-state index is 0.00747. The molecular formula is C10H25N3O2S. The highest BCUT2D eigenvalue weighted by Crippen LogP contribution is 2.14. The van der Waals surface area contributed by atoms with Crippen molar-refractivity contribution in [3.05, 3.63) is 0 Å². The van der Waals surface area contributed by atoms with Crippen LogP contribution in [0.25, 0.3) is 0 Å². The first-order chi connectivity index (χ1) is 7.20. The Morgan fingerprint density at radius 1 is 1.25 bits per heavy atom. The van der Waals surface area contributed by atoms with Crippen LogP contribution in [0.15, 0.2) is 0 Å². The van der Waals surface area contributed by atoms with Crippen molar-refractivity contribution in [3.8, 4) is 0 Å². The molecule has 0 amide bonds. The standard InChI is InChI=1S/C10H25N3O2S/c1-4-5-13(6-7-16(12,14)15)9-10(2,3)8-11/h4-9,11H2,1-3H3,(H2,12,14,15). The van der Waals surface area contributed by atoms with Gasteiger partial charge in [0, 0.05) is 13.1 Å². The molecule has 0 saturated heterocycles. The summed E-state index contributed by atoms with van der Waals surface area (Å²) in [6.07, 6.45) is 0.991. The fourth-order valence-electron chi connectivity index (χ4n) is 1.51. The van der Waals surface area contributed by atoms with E-state index in [2.05, 4.69) is 25.7 Å². The lowest BCUT2D eigenvalue weighted by Crippen LogP contribution is -2.41. The Kier molecular flexibility index (Phi) is 6.47. The van der Waals surface area contributed by atoms with Crippen LogP contribution in [0.2, 0.25) is 0 Å². The number of nitrogens with two attached hydrogens (primary N) is 2. The Morgan fingerprint density at radius 2 is 1.81 bits per heavy atom. The van der Waals surface area contributed by atoms with Crippen molar-refractivity contribution in [1.29, 1.82) is 0 Å². The van der Waals surface area contributed by atoms with Crippen molar-refractivity contribution < 1.29 is 8.42 Å². The summed E-state index contributed by atoms with van der Waals surface area (Å²) >= 11 is 0. The molecule has 98 valence electrons. The third-order valence-corrected chi connectivity index (χ3v) is 3.19. The summed E-state index contributed by atoms with van der Waals surface area (Å²) in [5.74, 6) is 0.00759. The summed E-state index contributed by atoms with van der Waals surface area (Å²) in [7, 11) is -3.37. The smallest absolute Gasteiger partial charge is 0.210 e. The molecule has 0 aliphatic carbocycles. The number of rotatable bonds is 8. The average molecular weight is 251 g/mol. The Morgan fingerprint density at radius 3 is 2.19 bits per heavy atom. The van der Waals surface area contributed by atoms with Crippen molar-refractivity contribution in [3.63, 3.8) is 0 Å². The Labute approximate surface area is 99.2 Å². The molecule has 0 saturated carbocycles. The van der Waals surface area contributed by atoms with Crippen molar-refractivity contribution in [1.82, 2.24) is 4.90 Å². The number of sulfonamides is 1. The second-order valence-corrected chi connectivity index (χ2v) is 6.75. The molecule has 0 atom stereocenters. The van der Waals surface area contributed by atoms with E-state index in [1.165, 1.54) is 0 Å². The van der Waals surface area contributed by atoms with E-state index in [4.69, 9.17) is 10.9 Å². The van der Waals surface area contributed by atoms with Gasteiger partial charge >= 0.3 is 0 Å². The molecule has 0 aromatic rings. The molecule has 0 aliphatic heterocycles. The van der Waals surface area contributed by atoms with E-state index >= 15 is 0 Å². The fourth-order valence-corrected chi connectivity index (χ4v) is 2.03. The molecule has 0 unspecified atom stereocenters.